The second-order valence-electron chi connectivity index (χ2n) is 8.51. The van der Waals surface area contributed by atoms with Crippen LogP contribution < -0.4 is 10.2 Å². The summed E-state index contributed by atoms with van der Waals surface area (Å²) in [7, 11) is 0. The highest BCUT2D eigenvalue weighted by Gasteiger charge is 2.28. The van der Waals surface area contributed by atoms with Crippen molar-refractivity contribution in [3.63, 3.8) is 0 Å². The lowest BCUT2D eigenvalue weighted by Crippen LogP contribution is -2.41. The van der Waals surface area contributed by atoms with Gasteiger partial charge in [-0.1, -0.05) is 47.6 Å². The van der Waals surface area contributed by atoms with Crippen LogP contribution in [0.2, 0.25) is 5.02 Å². The molecular weight excluding hydrogens is 482 g/mol. The van der Waals surface area contributed by atoms with Gasteiger partial charge in [0.05, 0.1) is 31.0 Å². The zero-order valence-corrected chi connectivity index (χ0v) is 20.8. The second-order valence-corrected chi connectivity index (χ2v) is 10.0. The van der Waals surface area contributed by atoms with E-state index in [2.05, 4.69) is 10.2 Å². The Morgan fingerprint density at radius 1 is 1.00 bits per heavy atom. The van der Waals surface area contributed by atoms with Crippen LogP contribution in [0.5, 0.6) is 0 Å². The number of morpholine rings is 1. The summed E-state index contributed by atoms with van der Waals surface area (Å²) in [6.07, 6.45) is 0. The normalized spacial score (nSPS) is 15.8. The highest BCUT2D eigenvalue weighted by molar-refractivity contribution is 7.99. The number of rotatable bonds is 6. The Kier molecular flexibility index (Phi) is 7.39. The van der Waals surface area contributed by atoms with E-state index in [-0.39, 0.29) is 11.8 Å². The largest absolute Gasteiger partial charge is 0.379 e. The fourth-order valence-electron chi connectivity index (χ4n) is 4.29. The highest BCUT2D eigenvalue weighted by atomic mass is 35.5. The van der Waals surface area contributed by atoms with E-state index in [9.17, 15) is 9.59 Å². The molecule has 3 aromatic rings. The maximum absolute atomic E-state index is 13.7. The lowest BCUT2D eigenvalue weighted by atomic mass is 10.1. The molecule has 2 aliphatic heterocycles. The monoisotopic (exact) mass is 507 g/mol. The second kappa shape index (κ2) is 10.8. The van der Waals surface area contributed by atoms with Gasteiger partial charge >= 0.3 is 0 Å². The lowest BCUT2D eigenvalue weighted by molar-refractivity contribution is 0.0383. The molecule has 1 N–H and O–H groups in total. The van der Waals surface area contributed by atoms with E-state index in [1.807, 2.05) is 66.7 Å². The van der Waals surface area contributed by atoms with E-state index in [1.54, 1.807) is 16.7 Å². The molecule has 0 unspecified atom stereocenters. The van der Waals surface area contributed by atoms with Crippen LogP contribution in [0.4, 0.5) is 5.69 Å². The number of amides is 2. The van der Waals surface area contributed by atoms with Crippen LogP contribution in [0, 0.1) is 0 Å². The summed E-state index contributed by atoms with van der Waals surface area (Å²) in [6.45, 7) is 4.92. The zero-order chi connectivity index (χ0) is 24.2. The molecule has 180 valence electrons. The molecule has 1 saturated heterocycles. The first kappa shape index (κ1) is 23.9. The van der Waals surface area contributed by atoms with Crippen molar-refractivity contribution in [1.29, 1.82) is 0 Å². The van der Waals surface area contributed by atoms with Gasteiger partial charge in [-0.15, -0.1) is 0 Å². The summed E-state index contributed by atoms with van der Waals surface area (Å²) in [5, 5.41) is 3.64. The van der Waals surface area contributed by atoms with Gasteiger partial charge in [-0.3, -0.25) is 14.5 Å². The van der Waals surface area contributed by atoms with Gasteiger partial charge in [-0.25, -0.2) is 0 Å². The van der Waals surface area contributed by atoms with E-state index in [0.29, 0.717) is 29.2 Å². The van der Waals surface area contributed by atoms with E-state index >= 15 is 0 Å². The predicted octanol–water partition coefficient (Wildman–Crippen LogP) is 4.71. The number of anilines is 1. The van der Waals surface area contributed by atoms with Crippen LogP contribution in [-0.2, 0) is 11.3 Å². The molecule has 2 heterocycles. The number of nitrogens with zero attached hydrogens (tertiary/aromatic N) is 2. The summed E-state index contributed by atoms with van der Waals surface area (Å²) in [4.78, 5) is 32.5. The smallest absolute Gasteiger partial charge is 0.259 e. The maximum Gasteiger partial charge on any atom is 0.259 e. The van der Waals surface area contributed by atoms with Crippen molar-refractivity contribution in [3.05, 3.63) is 88.4 Å². The van der Waals surface area contributed by atoms with E-state index in [4.69, 9.17) is 16.3 Å². The van der Waals surface area contributed by atoms with Crippen LogP contribution in [0.15, 0.2) is 76.5 Å². The van der Waals surface area contributed by atoms with Crippen molar-refractivity contribution in [2.24, 2.45) is 0 Å². The van der Waals surface area contributed by atoms with Gasteiger partial charge in [-0.05, 0) is 48.0 Å². The van der Waals surface area contributed by atoms with Gasteiger partial charge in [0.1, 0.15) is 0 Å². The molecule has 2 amide bonds. The number of fused-ring (bicyclic) bond motifs is 2. The van der Waals surface area contributed by atoms with Crippen molar-refractivity contribution in [2.45, 2.75) is 16.3 Å². The summed E-state index contributed by atoms with van der Waals surface area (Å²) >= 11 is 7.76. The molecule has 0 spiro atoms. The fraction of sp³-hybridized carbons (Fsp3) is 0.259. The van der Waals surface area contributed by atoms with E-state index in [1.165, 1.54) is 0 Å². The number of hydrogen-bond donors (Lipinski definition) is 1. The minimum Gasteiger partial charge on any atom is -0.379 e. The van der Waals surface area contributed by atoms with Gasteiger partial charge in [0, 0.05) is 46.6 Å². The summed E-state index contributed by atoms with van der Waals surface area (Å²) in [5.41, 5.74) is 2.81. The van der Waals surface area contributed by atoms with Crippen molar-refractivity contribution >= 4 is 40.9 Å². The zero-order valence-electron chi connectivity index (χ0n) is 19.2. The number of carbonyl (C=O) groups is 2. The molecule has 8 heteroatoms. The molecule has 1 fully saturated rings. The third kappa shape index (κ3) is 5.54. The molecule has 5 rings (SSSR count). The summed E-state index contributed by atoms with van der Waals surface area (Å²) < 4.78 is 5.38. The van der Waals surface area contributed by atoms with Crippen molar-refractivity contribution in [3.8, 4) is 0 Å². The molecule has 0 atom stereocenters. The summed E-state index contributed by atoms with van der Waals surface area (Å²) in [5.74, 6) is -0.250. The van der Waals surface area contributed by atoms with Gasteiger partial charge < -0.3 is 15.0 Å². The Balaban J connectivity index is 1.41. The number of nitrogens with one attached hydrogen (secondary N) is 1. The first-order valence-electron chi connectivity index (χ1n) is 11.6. The molecule has 0 saturated carbocycles. The fourth-order valence-corrected chi connectivity index (χ4v) is 5.56. The van der Waals surface area contributed by atoms with Crippen LogP contribution in [0.3, 0.4) is 0 Å². The molecule has 0 aliphatic carbocycles. The Morgan fingerprint density at radius 3 is 2.66 bits per heavy atom. The van der Waals surface area contributed by atoms with Crippen molar-refractivity contribution < 1.29 is 14.3 Å². The third-order valence-electron chi connectivity index (χ3n) is 6.14. The first-order valence-corrected chi connectivity index (χ1v) is 12.8. The average molecular weight is 508 g/mol. The number of hydrogen-bond acceptors (Lipinski definition) is 5. The SMILES string of the molecule is O=C(NCCN1CCOCC1)c1ccc2c(c1)N(Cc1cccc(Cl)c1)C(=O)c1ccccc1S2. The van der Waals surface area contributed by atoms with Crippen molar-refractivity contribution in [2.75, 3.05) is 44.3 Å². The molecule has 3 aromatic carbocycles. The quantitative estimate of drug-likeness (QED) is 0.523. The van der Waals surface area contributed by atoms with Gasteiger partial charge in [-0.2, -0.15) is 0 Å². The number of halogens is 1. The van der Waals surface area contributed by atoms with Gasteiger partial charge in [0.15, 0.2) is 0 Å². The van der Waals surface area contributed by atoms with Crippen LogP contribution in [0.25, 0.3) is 0 Å². The molecule has 6 nitrogen and oxygen atoms in total. The maximum atomic E-state index is 13.7. The number of carbonyl (C=O) groups excluding carboxylic acids is 2. The molecular formula is C27H26ClN3O3S. The minimum absolute atomic E-state index is 0.100. The van der Waals surface area contributed by atoms with Crippen LogP contribution in [0.1, 0.15) is 26.3 Å². The van der Waals surface area contributed by atoms with Gasteiger partial charge in [0.25, 0.3) is 11.8 Å². The molecule has 2 aliphatic rings. The third-order valence-corrected chi connectivity index (χ3v) is 7.52. The highest BCUT2D eigenvalue weighted by Crippen LogP contribution is 2.42. The molecule has 0 bridgehead atoms. The Morgan fingerprint density at radius 2 is 1.83 bits per heavy atom. The van der Waals surface area contributed by atoms with Crippen LogP contribution >= 0.6 is 23.4 Å². The minimum atomic E-state index is -0.150. The molecule has 0 aromatic heterocycles. The molecule has 35 heavy (non-hydrogen) atoms. The van der Waals surface area contributed by atoms with Crippen molar-refractivity contribution in [1.82, 2.24) is 10.2 Å². The Bertz CT molecular complexity index is 1250. The first-order chi connectivity index (χ1) is 17.1. The number of ether oxygens (including phenoxy) is 1. The topological polar surface area (TPSA) is 61.9 Å². The standard InChI is InChI=1S/C27H26ClN3O3S/c28-21-5-3-4-19(16-21)18-31-23-17-20(26(32)29-10-11-30-12-14-34-15-13-30)8-9-25(23)35-24-7-2-1-6-22(24)27(31)33/h1-9,16-17H,10-15,18H2,(H,29,32). The molecule has 0 radical (unpaired) electrons. The average Bonchev–Trinajstić information content (AvgIpc) is 2.99. The number of benzene rings is 3. The summed E-state index contributed by atoms with van der Waals surface area (Å²) in [6, 6.07) is 20.7. The van der Waals surface area contributed by atoms with E-state index in [0.717, 1.165) is 53.9 Å². The predicted molar refractivity (Wildman–Crippen MR) is 139 cm³/mol. The Hall–Kier alpha value is -2.84. The van der Waals surface area contributed by atoms with Gasteiger partial charge in [0.2, 0.25) is 0 Å². The van der Waals surface area contributed by atoms with Crippen LogP contribution in [-0.4, -0.2) is 56.1 Å². The Labute approximate surface area is 214 Å². The lowest BCUT2D eigenvalue weighted by Gasteiger charge is -2.26. The van der Waals surface area contributed by atoms with E-state index < -0.39 is 0 Å².